The van der Waals surface area contributed by atoms with E-state index in [9.17, 15) is 0 Å². The molecule has 1 heterocycles. The van der Waals surface area contributed by atoms with Crippen molar-refractivity contribution < 1.29 is 14.2 Å². The fourth-order valence-electron chi connectivity index (χ4n) is 4.85. The molecule has 1 aliphatic rings. The normalized spacial score (nSPS) is 14.8. The molecule has 1 atom stereocenters. The van der Waals surface area contributed by atoms with E-state index < -0.39 is 0 Å². The van der Waals surface area contributed by atoms with Crippen LogP contribution in [-0.2, 0) is 16.6 Å². The smallest absolute Gasteiger partial charge is 0.122 e. The van der Waals surface area contributed by atoms with E-state index in [0.29, 0.717) is 6.61 Å². The molecule has 1 saturated heterocycles. The Morgan fingerprint density at radius 3 is 2.00 bits per heavy atom. The van der Waals surface area contributed by atoms with Gasteiger partial charge in [-0.1, -0.05) is 70.5 Å². The molecule has 0 aromatic heterocycles. The Hall–Kier alpha value is -4.22. The van der Waals surface area contributed by atoms with Crippen molar-refractivity contribution >= 4 is 23.8 Å². The highest BCUT2D eigenvalue weighted by atomic mass is 16.6. The van der Waals surface area contributed by atoms with Crippen molar-refractivity contribution in [2.45, 2.75) is 58.5 Å². The van der Waals surface area contributed by atoms with E-state index in [1.807, 2.05) is 36.7 Å². The van der Waals surface area contributed by atoms with Gasteiger partial charge in [-0.3, -0.25) is 9.98 Å². The second-order valence-electron chi connectivity index (χ2n) is 11.5. The van der Waals surface area contributed by atoms with Gasteiger partial charge in [0.15, 0.2) is 0 Å². The number of aryl methyl sites for hydroxylation is 1. The molecule has 0 bridgehead atoms. The monoisotopic (exact) mass is 574 g/mol. The zero-order valence-electron chi connectivity index (χ0n) is 25.8. The Morgan fingerprint density at radius 1 is 0.791 bits per heavy atom. The summed E-state index contributed by atoms with van der Waals surface area (Å²) < 4.78 is 17.0. The lowest BCUT2D eigenvalue weighted by Crippen LogP contribution is -2.18. The largest absolute Gasteiger partial charge is 0.493 e. The lowest BCUT2D eigenvalue weighted by Gasteiger charge is -2.26. The lowest BCUT2D eigenvalue weighted by molar-refractivity contribution is 0.263. The summed E-state index contributed by atoms with van der Waals surface area (Å²) in [4.78, 5) is 9.42. The van der Waals surface area contributed by atoms with Crippen molar-refractivity contribution in [2.75, 3.05) is 19.8 Å². The third-order valence-corrected chi connectivity index (χ3v) is 7.82. The summed E-state index contributed by atoms with van der Waals surface area (Å²) in [5.74, 6) is 1.82. The van der Waals surface area contributed by atoms with Crippen LogP contribution in [0.3, 0.4) is 0 Å². The molecule has 5 heteroatoms. The van der Waals surface area contributed by atoms with Gasteiger partial charge in [-0.2, -0.15) is 0 Å². The van der Waals surface area contributed by atoms with Gasteiger partial charge in [0.05, 0.1) is 24.6 Å². The van der Waals surface area contributed by atoms with Gasteiger partial charge < -0.3 is 14.2 Å². The van der Waals surface area contributed by atoms with Crippen LogP contribution in [0.2, 0.25) is 0 Å². The van der Waals surface area contributed by atoms with Gasteiger partial charge >= 0.3 is 0 Å². The van der Waals surface area contributed by atoms with Crippen molar-refractivity contribution in [2.24, 2.45) is 9.98 Å². The summed E-state index contributed by atoms with van der Waals surface area (Å²) >= 11 is 0. The number of hydrogen-bond donors (Lipinski definition) is 0. The number of nitrogens with zero attached hydrogens (tertiary/aromatic N) is 2. The zero-order chi connectivity index (χ0) is 30.1. The van der Waals surface area contributed by atoms with Crippen molar-refractivity contribution in [1.29, 1.82) is 0 Å². The number of ether oxygens (including phenoxy) is 3. The fraction of sp³-hybridized carbons (Fsp3) is 0.316. The van der Waals surface area contributed by atoms with E-state index >= 15 is 0 Å². The molecule has 0 radical (unpaired) electrons. The van der Waals surface area contributed by atoms with Gasteiger partial charge in [-0.05, 0) is 95.3 Å². The molecular formula is C38H42N2O3. The number of benzene rings is 4. The molecule has 5 nitrogen and oxygen atoms in total. The number of rotatable bonds is 14. The van der Waals surface area contributed by atoms with Crippen LogP contribution >= 0.6 is 0 Å². The summed E-state index contributed by atoms with van der Waals surface area (Å²) in [6.07, 6.45) is 7.18. The second-order valence-corrected chi connectivity index (χ2v) is 11.5. The van der Waals surface area contributed by atoms with Crippen LogP contribution < -0.4 is 9.47 Å². The zero-order valence-corrected chi connectivity index (χ0v) is 25.8. The molecule has 1 aliphatic heterocycles. The van der Waals surface area contributed by atoms with E-state index in [2.05, 4.69) is 99.4 Å². The van der Waals surface area contributed by atoms with Gasteiger partial charge in [-0.25, -0.2) is 0 Å². The average molecular weight is 575 g/mol. The van der Waals surface area contributed by atoms with Crippen LogP contribution in [0.1, 0.15) is 68.4 Å². The Bertz CT molecular complexity index is 1530. The molecule has 4 aromatic rings. The van der Waals surface area contributed by atoms with Crippen molar-refractivity contribution in [3.05, 3.63) is 119 Å². The quantitative estimate of drug-likeness (QED) is 0.0858. The maximum atomic E-state index is 5.96. The number of aliphatic imine (C=N–C) groups is 2. The molecule has 0 aliphatic carbocycles. The molecule has 222 valence electrons. The fourth-order valence-corrected chi connectivity index (χ4v) is 4.85. The van der Waals surface area contributed by atoms with Crippen LogP contribution in [0.4, 0.5) is 11.4 Å². The highest BCUT2D eigenvalue weighted by Crippen LogP contribution is 2.33. The van der Waals surface area contributed by atoms with Crippen LogP contribution in [0.5, 0.6) is 11.5 Å². The molecule has 0 N–H and O–H groups in total. The van der Waals surface area contributed by atoms with Crippen LogP contribution in [0, 0.1) is 0 Å². The van der Waals surface area contributed by atoms with Crippen LogP contribution in [-0.4, -0.2) is 38.4 Å². The molecular weight excluding hydrogens is 532 g/mol. The summed E-state index contributed by atoms with van der Waals surface area (Å²) in [5, 5.41) is 0. The number of hydrogen-bond acceptors (Lipinski definition) is 5. The molecule has 0 saturated carbocycles. The van der Waals surface area contributed by atoms with Gasteiger partial charge in [0.25, 0.3) is 0 Å². The minimum Gasteiger partial charge on any atom is -0.493 e. The SMILES string of the molecule is CCCCOc1ccc(C=Nc2ccc(C(C)(C)c3ccc(N=Cc4cccc(OCC5CO5)c4)cc3)cc2)cc1CC. The van der Waals surface area contributed by atoms with Gasteiger partial charge in [0.2, 0.25) is 0 Å². The first-order chi connectivity index (χ1) is 20.9. The van der Waals surface area contributed by atoms with Crippen molar-refractivity contribution in [1.82, 2.24) is 0 Å². The summed E-state index contributed by atoms with van der Waals surface area (Å²) in [6, 6.07) is 31.3. The molecule has 1 unspecified atom stereocenters. The van der Waals surface area contributed by atoms with Gasteiger partial charge in [0.1, 0.15) is 24.2 Å². The predicted octanol–water partition coefficient (Wildman–Crippen LogP) is 9.03. The first kappa shape index (κ1) is 30.2. The Kier molecular flexibility index (Phi) is 10.1. The molecule has 5 rings (SSSR count). The maximum Gasteiger partial charge on any atom is 0.122 e. The van der Waals surface area contributed by atoms with E-state index in [1.54, 1.807) is 0 Å². The van der Waals surface area contributed by atoms with Gasteiger partial charge in [-0.15, -0.1) is 0 Å². The molecule has 4 aromatic carbocycles. The summed E-state index contributed by atoms with van der Waals surface area (Å²) in [5.41, 5.74) is 7.44. The minimum absolute atomic E-state index is 0.162. The molecule has 0 spiro atoms. The molecule has 0 amide bonds. The third-order valence-electron chi connectivity index (χ3n) is 7.82. The minimum atomic E-state index is -0.162. The average Bonchev–Trinajstić information content (AvgIpc) is 3.88. The second kappa shape index (κ2) is 14.3. The highest BCUT2D eigenvalue weighted by Gasteiger charge is 2.23. The Balaban J connectivity index is 1.20. The van der Waals surface area contributed by atoms with Crippen LogP contribution in [0.15, 0.2) is 101 Å². The topological polar surface area (TPSA) is 55.7 Å². The third kappa shape index (κ3) is 8.42. The van der Waals surface area contributed by atoms with E-state index in [1.165, 1.54) is 16.7 Å². The predicted molar refractivity (Wildman–Crippen MR) is 177 cm³/mol. The maximum absolute atomic E-state index is 5.96. The van der Waals surface area contributed by atoms with Crippen LogP contribution in [0.25, 0.3) is 0 Å². The van der Waals surface area contributed by atoms with E-state index in [0.717, 1.165) is 66.5 Å². The summed E-state index contributed by atoms with van der Waals surface area (Å²) in [6.45, 7) is 11.0. The first-order valence-corrected chi connectivity index (χ1v) is 15.3. The number of epoxide rings is 1. The summed E-state index contributed by atoms with van der Waals surface area (Å²) in [7, 11) is 0. The standard InChI is InChI=1S/C38H42N2O3/c1-5-7-21-41-37-20-11-29(22-30(37)6-2)25-40-34-18-14-32(15-19-34)38(3,4)31-12-16-33(17-13-31)39-24-28-9-8-10-35(23-28)42-26-36-27-43-36/h8-20,22-25,36H,5-7,21,26-27H2,1-4H3. The van der Waals surface area contributed by atoms with Gasteiger partial charge in [0, 0.05) is 17.8 Å². The van der Waals surface area contributed by atoms with Crippen molar-refractivity contribution in [3.8, 4) is 11.5 Å². The van der Waals surface area contributed by atoms with E-state index in [-0.39, 0.29) is 11.5 Å². The molecule has 1 fully saturated rings. The Labute approximate surface area is 256 Å². The Morgan fingerprint density at radius 2 is 1.42 bits per heavy atom. The number of unbranched alkanes of at least 4 members (excludes halogenated alkanes) is 1. The molecule has 43 heavy (non-hydrogen) atoms. The first-order valence-electron chi connectivity index (χ1n) is 15.3. The van der Waals surface area contributed by atoms with E-state index in [4.69, 9.17) is 19.2 Å². The van der Waals surface area contributed by atoms with Crippen molar-refractivity contribution in [3.63, 3.8) is 0 Å². The lowest BCUT2D eigenvalue weighted by atomic mass is 9.78. The highest BCUT2D eigenvalue weighted by molar-refractivity contribution is 5.83.